The predicted octanol–water partition coefficient (Wildman–Crippen LogP) is 1.51. The van der Waals surface area contributed by atoms with E-state index in [1.165, 1.54) is 12.8 Å². The third-order valence-electron chi connectivity index (χ3n) is 2.77. The van der Waals surface area contributed by atoms with Gasteiger partial charge in [-0.25, -0.2) is 4.98 Å². The fraction of sp³-hybridized carbons (Fsp3) is 0.667. The van der Waals surface area contributed by atoms with Crippen LogP contribution < -0.4 is 5.73 Å². The first-order chi connectivity index (χ1) is 5.81. The Kier molecular flexibility index (Phi) is 1.79. The van der Waals surface area contributed by atoms with Gasteiger partial charge in [-0.15, -0.1) is 0 Å². The molecule has 2 atom stereocenters. The molecule has 2 N–H and O–H groups in total. The summed E-state index contributed by atoms with van der Waals surface area (Å²) in [5.41, 5.74) is 5.66. The monoisotopic (exact) mass is 165 g/mol. The van der Waals surface area contributed by atoms with E-state index in [4.69, 9.17) is 5.73 Å². The number of aromatic nitrogens is 2. The van der Waals surface area contributed by atoms with Gasteiger partial charge in [-0.3, -0.25) is 0 Å². The number of anilines is 1. The summed E-state index contributed by atoms with van der Waals surface area (Å²) < 4.78 is 2.04. The third kappa shape index (κ3) is 1.31. The van der Waals surface area contributed by atoms with Gasteiger partial charge in [-0.05, 0) is 18.3 Å². The Bertz CT molecular complexity index is 266. The van der Waals surface area contributed by atoms with E-state index in [1.54, 1.807) is 6.20 Å². The molecule has 0 spiro atoms. The van der Waals surface area contributed by atoms with E-state index in [0.717, 1.165) is 18.4 Å². The standard InChI is InChI=1S/C9H15N3/c1-2-7-5-8(7)6-12-4-3-11-9(12)10/h3-4,7-8H,2,5-6H2,1H3,(H2,10,11). The van der Waals surface area contributed by atoms with Gasteiger partial charge in [0.2, 0.25) is 0 Å². The van der Waals surface area contributed by atoms with Crippen molar-refractivity contribution in [2.24, 2.45) is 11.8 Å². The molecular formula is C9H15N3. The second kappa shape index (κ2) is 2.81. The van der Waals surface area contributed by atoms with Gasteiger partial charge in [0.25, 0.3) is 0 Å². The molecule has 0 radical (unpaired) electrons. The van der Waals surface area contributed by atoms with Crippen molar-refractivity contribution in [2.75, 3.05) is 5.73 Å². The van der Waals surface area contributed by atoms with E-state index in [1.807, 2.05) is 10.8 Å². The van der Waals surface area contributed by atoms with Crippen LogP contribution in [0.1, 0.15) is 19.8 Å². The Morgan fingerprint density at radius 1 is 1.67 bits per heavy atom. The quantitative estimate of drug-likeness (QED) is 0.737. The van der Waals surface area contributed by atoms with Gasteiger partial charge < -0.3 is 10.3 Å². The molecule has 1 fully saturated rings. The Labute approximate surface area is 72.6 Å². The van der Waals surface area contributed by atoms with E-state index in [-0.39, 0.29) is 0 Å². The maximum absolute atomic E-state index is 5.66. The molecule has 2 rings (SSSR count). The van der Waals surface area contributed by atoms with Crippen LogP contribution in [0.3, 0.4) is 0 Å². The van der Waals surface area contributed by atoms with Crippen LogP contribution in [0.25, 0.3) is 0 Å². The molecule has 1 aromatic heterocycles. The molecule has 0 amide bonds. The van der Waals surface area contributed by atoms with Gasteiger partial charge >= 0.3 is 0 Å². The number of imidazole rings is 1. The van der Waals surface area contributed by atoms with Crippen LogP contribution in [-0.2, 0) is 6.54 Å². The largest absolute Gasteiger partial charge is 0.369 e. The molecule has 0 saturated heterocycles. The first-order valence-electron chi connectivity index (χ1n) is 4.58. The van der Waals surface area contributed by atoms with Gasteiger partial charge in [0.15, 0.2) is 5.95 Å². The molecular weight excluding hydrogens is 150 g/mol. The van der Waals surface area contributed by atoms with Gasteiger partial charge in [-0.2, -0.15) is 0 Å². The van der Waals surface area contributed by atoms with E-state index >= 15 is 0 Å². The van der Waals surface area contributed by atoms with Gasteiger partial charge in [-0.1, -0.05) is 13.3 Å². The highest BCUT2D eigenvalue weighted by atomic mass is 15.1. The maximum Gasteiger partial charge on any atom is 0.200 e. The minimum absolute atomic E-state index is 0.650. The molecule has 12 heavy (non-hydrogen) atoms. The minimum Gasteiger partial charge on any atom is -0.369 e. The molecule has 1 saturated carbocycles. The van der Waals surface area contributed by atoms with Gasteiger partial charge in [0, 0.05) is 18.9 Å². The molecule has 1 aliphatic rings. The molecule has 0 aliphatic heterocycles. The second-order valence-corrected chi connectivity index (χ2v) is 3.60. The van der Waals surface area contributed by atoms with Crippen LogP contribution >= 0.6 is 0 Å². The lowest BCUT2D eigenvalue weighted by Crippen LogP contribution is -2.04. The molecule has 0 bridgehead atoms. The summed E-state index contributed by atoms with van der Waals surface area (Å²) >= 11 is 0. The summed E-state index contributed by atoms with van der Waals surface area (Å²) in [6.07, 6.45) is 6.40. The van der Waals surface area contributed by atoms with Gasteiger partial charge in [0.1, 0.15) is 0 Å². The highest BCUT2D eigenvalue weighted by molar-refractivity contribution is 5.17. The molecule has 1 aromatic rings. The van der Waals surface area contributed by atoms with Crippen molar-refractivity contribution in [3.05, 3.63) is 12.4 Å². The second-order valence-electron chi connectivity index (χ2n) is 3.60. The molecule has 66 valence electrons. The van der Waals surface area contributed by atoms with E-state index in [2.05, 4.69) is 11.9 Å². The fourth-order valence-electron chi connectivity index (χ4n) is 1.78. The zero-order valence-electron chi connectivity index (χ0n) is 7.40. The summed E-state index contributed by atoms with van der Waals surface area (Å²) in [5.74, 6) is 2.44. The Hall–Kier alpha value is -0.990. The molecule has 3 nitrogen and oxygen atoms in total. The smallest absolute Gasteiger partial charge is 0.200 e. The first-order valence-corrected chi connectivity index (χ1v) is 4.58. The van der Waals surface area contributed by atoms with Crippen LogP contribution in [0.5, 0.6) is 0 Å². The lowest BCUT2D eigenvalue weighted by Gasteiger charge is -2.02. The van der Waals surface area contributed by atoms with E-state index in [9.17, 15) is 0 Å². The zero-order valence-corrected chi connectivity index (χ0v) is 7.40. The van der Waals surface area contributed by atoms with Crippen LogP contribution in [0.4, 0.5) is 5.95 Å². The Balaban J connectivity index is 1.93. The summed E-state index contributed by atoms with van der Waals surface area (Å²) in [4.78, 5) is 3.99. The number of nitrogen functional groups attached to an aromatic ring is 1. The highest BCUT2D eigenvalue weighted by Crippen LogP contribution is 2.42. The number of hydrogen-bond acceptors (Lipinski definition) is 2. The predicted molar refractivity (Wildman–Crippen MR) is 48.5 cm³/mol. The van der Waals surface area contributed by atoms with E-state index < -0.39 is 0 Å². The van der Waals surface area contributed by atoms with Crippen molar-refractivity contribution in [1.82, 2.24) is 9.55 Å². The number of nitrogens with zero attached hydrogens (tertiary/aromatic N) is 2. The Morgan fingerprint density at radius 3 is 3.00 bits per heavy atom. The van der Waals surface area contributed by atoms with Crippen molar-refractivity contribution in [2.45, 2.75) is 26.3 Å². The highest BCUT2D eigenvalue weighted by Gasteiger charge is 2.35. The van der Waals surface area contributed by atoms with Crippen LogP contribution in [-0.4, -0.2) is 9.55 Å². The van der Waals surface area contributed by atoms with Crippen molar-refractivity contribution in [3.63, 3.8) is 0 Å². The average Bonchev–Trinajstić information content (AvgIpc) is 2.70. The van der Waals surface area contributed by atoms with Crippen molar-refractivity contribution in [1.29, 1.82) is 0 Å². The Morgan fingerprint density at radius 2 is 2.50 bits per heavy atom. The molecule has 3 heteroatoms. The molecule has 1 aliphatic carbocycles. The maximum atomic E-state index is 5.66. The average molecular weight is 165 g/mol. The fourth-order valence-corrected chi connectivity index (χ4v) is 1.78. The van der Waals surface area contributed by atoms with E-state index in [0.29, 0.717) is 5.95 Å². The topological polar surface area (TPSA) is 43.8 Å². The third-order valence-corrected chi connectivity index (χ3v) is 2.77. The zero-order chi connectivity index (χ0) is 8.55. The molecule has 1 heterocycles. The van der Waals surface area contributed by atoms with Crippen molar-refractivity contribution in [3.8, 4) is 0 Å². The summed E-state index contributed by atoms with van der Waals surface area (Å²) in [6.45, 7) is 3.31. The first kappa shape index (κ1) is 7.65. The van der Waals surface area contributed by atoms with Crippen LogP contribution in [0, 0.1) is 11.8 Å². The van der Waals surface area contributed by atoms with Crippen LogP contribution in [0.15, 0.2) is 12.4 Å². The number of hydrogen-bond donors (Lipinski definition) is 1. The number of rotatable bonds is 3. The lowest BCUT2D eigenvalue weighted by atomic mass is 10.2. The SMILES string of the molecule is CCC1CC1Cn1ccnc1N. The molecule has 0 aromatic carbocycles. The lowest BCUT2D eigenvalue weighted by molar-refractivity contribution is 0.575. The number of nitrogens with two attached hydrogens (primary N) is 1. The van der Waals surface area contributed by atoms with Crippen molar-refractivity contribution >= 4 is 5.95 Å². The van der Waals surface area contributed by atoms with Crippen LogP contribution in [0.2, 0.25) is 0 Å². The normalized spacial score (nSPS) is 27.4. The van der Waals surface area contributed by atoms with Crippen molar-refractivity contribution < 1.29 is 0 Å². The summed E-state index contributed by atoms with van der Waals surface area (Å²) in [5, 5.41) is 0. The van der Waals surface area contributed by atoms with Gasteiger partial charge in [0.05, 0.1) is 0 Å². The summed E-state index contributed by atoms with van der Waals surface area (Å²) in [6, 6.07) is 0. The summed E-state index contributed by atoms with van der Waals surface area (Å²) in [7, 11) is 0. The molecule has 2 unspecified atom stereocenters. The minimum atomic E-state index is 0.650.